The number of aliphatic hydroxyl groups is 1. The number of halogens is 1. The van der Waals surface area contributed by atoms with Crippen LogP contribution in [0.15, 0.2) is 30.5 Å². The molecule has 3 nitrogen and oxygen atoms in total. The molecule has 0 aliphatic carbocycles. The van der Waals surface area contributed by atoms with Crippen LogP contribution in [-0.4, -0.2) is 14.9 Å². The Kier molecular flexibility index (Phi) is 3.48. The molecule has 0 aliphatic heterocycles. The Hall–Kier alpha value is -1.68. The minimum absolute atomic E-state index is 0.153. The number of aliphatic hydroxyl groups excluding tert-OH is 1. The van der Waals surface area contributed by atoms with Crippen LogP contribution in [0.4, 0.5) is 4.39 Å². The first-order chi connectivity index (χ1) is 8.50. The fraction of sp³-hybridized carbons (Fsp3) is 0.357. The molecule has 1 N–H and O–H groups in total. The van der Waals surface area contributed by atoms with Crippen LogP contribution in [0.1, 0.15) is 42.8 Å². The van der Waals surface area contributed by atoms with Crippen molar-refractivity contribution in [3.63, 3.8) is 0 Å². The van der Waals surface area contributed by atoms with Crippen LogP contribution in [0.5, 0.6) is 0 Å². The number of aromatic nitrogens is 2. The van der Waals surface area contributed by atoms with Gasteiger partial charge in [-0.2, -0.15) is 5.10 Å². The topological polar surface area (TPSA) is 38.1 Å². The summed E-state index contributed by atoms with van der Waals surface area (Å²) < 4.78 is 15.2. The maximum Gasteiger partial charge on any atom is 0.126 e. The number of rotatable bonds is 3. The van der Waals surface area contributed by atoms with Crippen molar-refractivity contribution in [2.75, 3.05) is 0 Å². The standard InChI is InChI=1S/C14H17FN2O/c1-9(2)17-13(6-7-16-17)14(18)11-5-4-10(3)12(15)8-11/h4-9,14,18H,1-3H3. The summed E-state index contributed by atoms with van der Waals surface area (Å²) in [6, 6.07) is 6.69. The molecule has 96 valence electrons. The predicted octanol–water partition coefficient (Wildman–Crippen LogP) is 2.99. The zero-order valence-corrected chi connectivity index (χ0v) is 10.8. The van der Waals surface area contributed by atoms with E-state index in [0.717, 1.165) is 0 Å². The summed E-state index contributed by atoms with van der Waals surface area (Å²) in [5.74, 6) is -0.304. The largest absolute Gasteiger partial charge is 0.382 e. The highest BCUT2D eigenvalue weighted by Crippen LogP contribution is 2.25. The second-order valence-corrected chi connectivity index (χ2v) is 4.71. The third kappa shape index (κ3) is 2.29. The maximum absolute atomic E-state index is 13.5. The average Bonchev–Trinajstić information content (AvgIpc) is 2.81. The van der Waals surface area contributed by atoms with Gasteiger partial charge in [0.1, 0.15) is 11.9 Å². The third-order valence-electron chi connectivity index (χ3n) is 2.98. The van der Waals surface area contributed by atoms with Crippen molar-refractivity contribution in [3.05, 3.63) is 53.1 Å². The van der Waals surface area contributed by atoms with Gasteiger partial charge in [0.2, 0.25) is 0 Å². The molecule has 1 atom stereocenters. The Morgan fingerprint density at radius 1 is 1.28 bits per heavy atom. The van der Waals surface area contributed by atoms with Crippen LogP contribution < -0.4 is 0 Å². The van der Waals surface area contributed by atoms with E-state index in [4.69, 9.17) is 0 Å². The van der Waals surface area contributed by atoms with E-state index in [-0.39, 0.29) is 11.9 Å². The van der Waals surface area contributed by atoms with Gasteiger partial charge in [-0.3, -0.25) is 4.68 Å². The molecule has 1 unspecified atom stereocenters. The van der Waals surface area contributed by atoms with Crippen LogP contribution >= 0.6 is 0 Å². The highest BCUT2D eigenvalue weighted by Gasteiger charge is 2.17. The first kappa shape index (κ1) is 12.8. The Balaban J connectivity index is 2.38. The second-order valence-electron chi connectivity index (χ2n) is 4.71. The Labute approximate surface area is 106 Å². The normalized spacial score (nSPS) is 13.0. The number of benzene rings is 1. The van der Waals surface area contributed by atoms with Crippen LogP contribution in [0.2, 0.25) is 0 Å². The van der Waals surface area contributed by atoms with E-state index in [0.29, 0.717) is 16.8 Å². The number of hydrogen-bond donors (Lipinski definition) is 1. The fourth-order valence-electron chi connectivity index (χ4n) is 1.92. The van der Waals surface area contributed by atoms with E-state index in [9.17, 15) is 9.50 Å². The molecule has 18 heavy (non-hydrogen) atoms. The van der Waals surface area contributed by atoms with Gasteiger partial charge in [0.25, 0.3) is 0 Å². The van der Waals surface area contributed by atoms with Gasteiger partial charge in [0.05, 0.1) is 5.69 Å². The smallest absolute Gasteiger partial charge is 0.126 e. The monoisotopic (exact) mass is 248 g/mol. The van der Waals surface area contributed by atoms with E-state index >= 15 is 0 Å². The lowest BCUT2D eigenvalue weighted by atomic mass is 10.0. The van der Waals surface area contributed by atoms with Crippen molar-refractivity contribution in [3.8, 4) is 0 Å². The summed E-state index contributed by atoms with van der Waals surface area (Å²) in [6.45, 7) is 5.67. The van der Waals surface area contributed by atoms with Crippen LogP contribution in [0.3, 0.4) is 0 Å². The Morgan fingerprint density at radius 2 is 2.00 bits per heavy atom. The van der Waals surface area contributed by atoms with Gasteiger partial charge >= 0.3 is 0 Å². The highest BCUT2D eigenvalue weighted by atomic mass is 19.1. The molecule has 0 bridgehead atoms. The van der Waals surface area contributed by atoms with Gasteiger partial charge in [-0.1, -0.05) is 12.1 Å². The minimum Gasteiger partial charge on any atom is -0.382 e. The lowest BCUT2D eigenvalue weighted by molar-refractivity contribution is 0.204. The first-order valence-electron chi connectivity index (χ1n) is 5.98. The molecule has 0 spiro atoms. The summed E-state index contributed by atoms with van der Waals surface area (Å²) in [7, 11) is 0. The molecular formula is C14H17FN2O. The number of aryl methyl sites for hydroxylation is 1. The average molecular weight is 248 g/mol. The van der Waals surface area contributed by atoms with E-state index in [1.807, 2.05) is 13.8 Å². The first-order valence-corrected chi connectivity index (χ1v) is 5.98. The van der Waals surface area contributed by atoms with Crippen LogP contribution in [0.25, 0.3) is 0 Å². The van der Waals surface area contributed by atoms with Crippen LogP contribution in [0, 0.1) is 12.7 Å². The van der Waals surface area contributed by atoms with Gasteiger partial charge in [-0.15, -0.1) is 0 Å². The minimum atomic E-state index is -0.856. The quantitative estimate of drug-likeness (QED) is 0.906. The van der Waals surface area contributed by atoms with E-state index in [2.05, 4.69) is 5.10 Å². The summed E-state index contributed by atoms with van der Waals surface area (Å²) in [4.78, 5) is 0. The molecule has 2 aromatic rings. The molecule has 0 saturated carbocycles. The molecule has 0 fully saturated rings. The molecule has 2 rings (SSSR count). The fourth-order valence-corrected chi connectivity index (χ4v) is 1.92. The zero-order valence-electron chi connectivity index (χ0n) is 10.8. The third-order valence-corrected chi connectivity index (χ3v) is 2.98. The van der Waals surface area contributed by atoms with E-state index in [1.54, 1.807) is 36.0 Å². The second kappa shape index (κ2) is 4.90. The van der Waals surface area contributed by atoms with Crippen molar-refractivity contribution in [2.45, 2.75) is 32.9 Å². The molecule has 4 heteroatoms. The van der Waals surface area contributed by atoms with Crippen molar-refractivity contribution < 1.29 is 9.50 Å². The van der Waals surface area contributed by atoms with E-state index < -0.39 is 6.10 Å². The summed E-state index contributed by atoms with van der Waals surface area (Å²) >= 11 is 0. The van der Waals surface area contributed by atoms with Gasteiger partial charge in [0, 0.05) is 12.2 Å². The molecule has 1 aromatic heterocycles. The van der Waals surface area contributed by atoms with Crippen molar-refractivity contribution in [1.82, 2.24) is 9.78 Å². The van der Waals surface area contributed by atoms with Gasteiger partial charge in [0.15, 0.2) is 0 Å². The van der Waals surface area contributed by atoms with Gasteiger partial charge in [-0.05, 0) is 44.0 Å². The van der Waals surface area contributed by atoms with Gasteiger partial charge < -0.3 is 5.11 Å². The van der Waals surface area contributed by atoms with Gasteiger partial charge in [-0.25, -0.2) is 4.39 Å². The molecule has 1 heterocycles. The molecule has 0 saturated heterocycles. The molecular weight excluding hydrogens is 231 g/mol. The summed E-state index contributed by atoms with van der Waals surface area (Å²) in [5, 5.41) is 14.5. The molecule has 0 radical (unpaired) electrons. The number of hydrogen-bond acceptors (Lipinski definition) is 2. The lowest BCUT2D eigenvalue weighted by Gasteiger charge is -2.16. The Morgan fingerprint density at radius 3 is 2.61 bits per heavy atom. The zero-order chi connectivity index (χ0) is 13.3. The highest BCUT2D eigenvalue weighted by molar-refractivity contribution is 5.29. The Bertz CT molecular complexity index is 548. The lowest BCUT2D eigenvalue weighted by Crippen LogP contribution is -2.12. The number of nitrogens with zero attached hydrogens (tertiary/aromatic N) is 2. The SMILES string of the molecule is Cc1ccc(C(O)c2ccnn2C(C)C)cc1F. The van der Waals surface area contributed by atoms with Crippen molar-refractivity contribution in [2.24, 2.45) is 0 Å². The van der Waals surface area contributed by atoms with Crippen molar-refractivity contribution in [1.29, 1.82) is 0 Å². The van der Waals surface area contributed by atoms with Crippen LogP contribution in [-0.2, 0) is 0 Å². The molecule has 0 amide bonds. The van der Waals surface area contributed by atoms with E-state index in [1.165, 1.54) is 6.07 Å². The predicted molar refractivity (Wildman–Crippen MR) is 67.8 cm³/mol. The summed E-state index contributed by atoms with van der Waals surface area (Å²) in [5.41, 5.74) is 1.79. The molecule has 0 aliphatic rings. The molecule has 1 aromatic carbocycles. The van der Waals surface area contributed by atoms with Crippen molar-refractivity contribution >= 4 is 0 Å². The maximum atomic E-state index is 13.5. The summed E-state index contributed by atoms with van der Waals surface area (Å²) in [6.07, 6.45) is 0.785.